The zero-order valence-corrected chi connectivity index (χ0v) is 13.4. The summed E-state index contributed by atoms with van der Waals surface area (Å²) in [6, 6.07) is 3.45. The Hall–Kier alpha value is -1.86. The van der Waals surface area contributed by atoms with Crippen LogP contribution in [0.4, 0.5) is 0 Å². The van der Waals surface area contributed by atoms with E-state index in [1.54, 1.807) is 52.5 Å². The van der Waals surface area contributed by atoms with Crippen LogP contribution in [0, 0.1) is 13.8 Å². The van der Waals surface area contributed by atoms with Gasteiger partial charge in [-0.2, -0.15) is 4.31 Å². The average molecular weight is 309 g/mol. The molecule has 0 unspecified atom stereocenters. The fourth-order valence-electron chi connectivity index (χ4n) is 2.27. The molecule has 21 heavy (non-hydrogen) atoms. The number of nitrogens with zero attached hydrogens (tertiary/aromatic N) is 2. The molecule has 0 spiro atoms. The molecule has 114 valence electrons. The molecule has 7 heteroatoms. The van der Waals surface area contributed by atoms with E-state index in [0.717, 1.165) is 0 Å². The molecular formula is C14H19N3O3S. The molecule has 0 aliphatic heterocycles. The molecule has 2 aromatic rings. The Morgan fingerprint density at radius 2 is 1.90 bits per heavy atom. The molecule has 0 amide bonds. The first-order chi connectivity index (χ1) is 9.86. The van der Waals surface area contributed by atoms with Crippen molar-refractivity contribution in [3.63, 3.8) is 0 Å². The summed E-state index contributed by atoms with van der Waals surface area (Å²) in [5.41, 5.74) is 1.33. The molecule has 1 aromatic carbocycles. The Morgan fingerprint density at radius 3 is 2.38 bits per heavy atom. The molecular weight excluding hydrogens is 290 g/mol. The van der Waals surface area contributed by atoms with Gasteiger partial charge in [-0.1, -0.05) is 0 Å². The SMILES string of the molecule is COc1cc(C)c(S(=O)(=O)N(C)Cc2ncc[nH]2)c(C)c1. The van der Waals surface area contributed by atoms with E-state index in [4.69, 9.17) is 4.74 Å². The molecule has 0 atom stereocenters. The van der Waals surface area contributed by atoms with Crippen LogP contribution in [-0.2, 0) is 16.6 Å². The van der Waals surface area contributed by atoms with Crippen molar-refractivity contribution in [2.75, 3.05) is 14.2 Å². The van der Waals surface area contributed by atoms with Crippen LogP contribution in [0.1, 0.15) is 17.0 Å². The van der Waals surface area contributed by atoms with Crippen molar-refractivity contribution in [3.05, 3.63) is 41.5 Å². The van der Waals surface area contributed by atoms with E-state index < -0.39 is 10.0 Å². The minimum absolute atomic E-state index is 0.195. The van der Waals surface area contributed by atoms with Gasteiger partial charge in [0.05, 0.1) is 18.6 Å². The number of imidazole rings is 1. The van der Waals surface area contributed by atoms with Gasteiger partial charge in [-0.3, -0.25) is 0 Å². The van der Waals surface area contributed by atoms with E-state index >= 15 is 0 Å². The molecule has 0 aliphatic carbocycles. The third-order valence-corrected chi connectivity index (χ3v) is 5.37. The third kappa shape index (κ3) is 3.08. The van der Waals surface area contributed by atoms with Crippen molar-refractivity contribution in [1.82, 2.24) is 14.3 Å². The van der Waals surface area contributed by atoms with Gasteiger partial charge in [-0.15, -0.1) is 0 Å². The zero-order valence-electron chi connectivity index (χ0n) is 12.5. The van der Waals surface area contributed by atoms with Gasteiger partial charge >= 0.3 is 0 Å². The summed E-state index contributed by atoms with van der Waals surface area (Å²) in [5, 5.41) is 0. The first kappa shape index (κ1) is 15.5. The number of benzene rings is 1. The van der Waals surface area contributed by atoms with Crippen molar-refractivity contribution >= 4 is 10.0 Å². The molecule has 0 saturated carbocycles. The topological polar surface area (TPSA) is 75.3 Å². The number of H-pyrrole nitrogens is 1. The van der Waals surface area contributed by atoms with Crippen LogP contribution in [0.25, 0.3) is 0 Å². The van der Waals surface area contributed by atoms with Gasteiger partial charge in [0, 0.05) is 19.4 Å². The summed E-state index contributed by atoms with van der Waals surface area (Å²) in [4.78, 5) is 7.27. The predicted octanol–water partition coefficient (Wildman–Crippen LogP) is 1.86. The predicted molar refractivity (Wildman–Crippen MR) is 79.7 cm³/mol. The number of ether oxygens (including phenoxy) is 1. The Balaban J connectivity index is 2.39. The highest BCUT2D eigenvalue weighted by Gasteiger charge is 2.26. The largest absolute Gasteiger partial charge is 0.497 e. The number of aryl methyl sites for hydroxylation is 2. The van der Waals surface area contributed by atoms with Crippen LogP contribution in [0.5, 0.6) is 5.75 Å². The molecule has 0 fully saturated rings. The monoisotopic (exact) mass is 309 g/mol. The summed E-state index contributed by atoms with van der Waals surface area (Å²) in [6.07, 6.45) is 3.26. The number of aromatic amines is 1. The quantitative estimate of drug-likeness (QED) is 0.914. The van der Waals surface area contributed by atoms with Gasteiger partial charge in [0.1, 0.15) is 11.6 Å². The molecule has 0 saturated heterocycles. The molecule has 6 nitrogen and oxygen atoms in total. The molecule has 1 aromatic heterocycles. The minimum atomic E-state index is -3.58. The van der Waals surface area contributed by atoms with Crippen LogP contribution < -0.4 is 4.74 Å². The summed E-state index contributed by atoms with van der Waals surface area (Å²) in [7, 11) is -0.480. The Kier molecular flexibility index (Phi) is 4.34. The van der Waals surface area contributed by atoms with E-state index in [1.807, 2.05) is 0 Å². The normalized spacial score (nSPS) is 11.9. The number of methoxy groups -OCH3 is 1. The van der Waals surface area contributed by atoms with E-state index in [1.165, 1.54) is 4.31 Å². The van der Waals surface area contributed by atoms with Crippen molar-refractivity contribution in [2.24, 2.45) is 0 Å². The second-order valence-corrected chi connectivity index (χ2v) is 6.87. The molecule has 2 rings (SSSR count). The Bertz CT molecular complexity index is 701. The molecule has 1 heterocycles. The smallest absolute Gasteiger partial charge is 0.243 e. The van der Waals surface area contributed by atoms with E-state index in [0.29, 0.717) is 27.6 Å². The lowest BCUT2D eigenvalue weighted by Gasteiger charge is -2.19. The minimum Gasteiger partial charge on any atom is -0.497 e. The van der Waals surface area contributed by atoms with Gasteiger partial charge in [0.2, 0.25) is 10.0 Å². The summed E-state index contributed by atoms with van der Waals surface area (Å²) in [6.45, 7) is 3.73. The molecule has 1 N–H and O–H groups in total. The van der Waals surface area contributed by atoms with Gasteiger partial charge in [0.15, 0.2) is 0 Å². The van der Waals surface area contributed by atoms with Gasteiger partial charge < -0.3 is 9.72 Å². The maximum Gasteiger partial charge on any atom is 0.243 e. The first-order valence-electron chi connectivity index (χ1n) is 6.46. The van der Waals surface area contributed by atoms with Crippen LogP contribution >= 0.6 is 0 Å². The van der Waals surface area contributed by atoms with Gasteiger partial charge in [-0.25, -0.2) is 13.4 Å². The van der Waals surface area contributed by atoms with Crippen molar-refractivity contribution < 1.29 is 13.2 Å². The van der Waals surface area contributed by atoms with Crippen molar-refractivity contribution in [2.45, 2.75) is 25.3 Å². The Labute approximate surface area is 124 Å². The van der Waals surface area contributed by atoms with E-state index in [9.17, 15) is 8.42 Å². The van der Waals surface area contributed by atoms with E-state index in [-0.39, 0.29) is 6.54 Å². The van der Waals surface area contributed by atoms with Crippen molar-refractivity contribution in [1.29, 1.82) is 0 Å². The number of rotatable bonds is 5. The summed E-state index contributed by atoms with van der Waals surface area (Å²) in [5.74, 6) is 1.25. The molecule has 0 radical (unpaired) electrons. The van der Waals surface area contributed by atoms with Crippen LogP contribution in [0.15, 0.2) is 29.4 Å². The highest BCUT2D eigenvalue weighted by Crippen LogP contribution is 2.28. The zero-order chi connectivity index (χ0) is 15.6. The van der Waals surface area contributed by atoms with Crippen LogP contribution in [0.2, 0.25) is 0 Å². The third-order valence-electron chi connectivity index (χ3n) is 3.27. The maximum absolute atomic E-state index is 12.7. The second-order valence-electron chi connectivity index (χ2n) is 4.89. The number of hydrogen-bond acceptors (Lipinski definition) is 4. The molecule has 0 bridgehead atoms. The van der Waals surface area contributed by atoms with Crippen molar-refractivity contribution in [3.8, 4) is 5.75 Å². The summed E-state index contributed by atoms with van der Waals surface area (Å²) >= 11 is 0. The number of aromatic nitrogens is 2. The standard InChI is InChI=1S/C14H19N3O3S/c1-10-7-12(20-4)8-11(2)14(10)21(18,19)17(3)9-13-15-5-6-16-13/h5-8H,9H2,1-4H3,(H,15,16). The van der Waals surface area contributed by atoms with E-state index in [2.05, 4.69) is 9.97 Å². The number of sulfonamides is 1. The lowest BCUT2D eigenvalue weighted by atomic mass is 10.1. The summed E-state index contributed by atoms with van der Waals surface area (Å²) < 4.78 is 31.9. The maximum atomic E-state index is 12.7. The average Bonchev–Trinajstić information content (AvgIpc) is 2.90. The van der Waals surface area contributed by atoms with Crippen LogP contribution in [-0.4, -0.2) is 36.8 Å². The second kappa shape index (κ2) is 5.87. The first-order valence-corrected chi connectivity index (χ1v) is 7.90. The lowest BCUT2D eigenvalue weighted by molar-refractivity contribution is 0.413. The van der Waals surface area contributed by atoms with Gasteiger partial charge in [0.25, 0.3) is 0 Å². The van der Waals surface area contributed by atoms with Gasteiger partial charge in [-0.05, 0) is 37.1 Å². The Morgan fingerprint density at radius 1 is 1.29 bits per heavy atom. The lowest BCUT2D eigenvalue weighted by Crippen LogP contribution is -2.28. The number of hydrogen-bond donors (Lipinski definition) is 1. The number of nitrogens with one attached hydrogen (secondary N) is 1. The highest BCUT2D eigenvalue weighted by atomic mass is 32.2. The fraction of sp³-hybridized carbons (Fsp3) is 0.357. The van der Waals surface area contributed by atoms with Crippen LogP contribution in [0.3, 0.4) is 0 Å². The highest BCUT2D eigenvalue weighted by molar-refractivity contribution is 7.89. The molecule has 0 aliphatic rings. The fourth-order valence-corrected chi connectivity index (χ4v) is 3.81.